The van der Waals surface area contributed by atoms with E-state index in [2.05, 4.69) is 5.32 Å². The number of thiocarbonyl (C=S) groups is 1. The van der Waals surface area contributed by atoms with E-state index in [0.29, 0.717) is 18.8 Å². The Morgan fingerprint density at radius 1 is 1.61 bits per heavy atom. The molecule has 0 radical (unpaired) electrons. The first-order chi connectivity index (χ1) is 8.52. The minimum absolute atomic E-state index is 0.00119. The van der Waals surface area contributed by atoms with E-state index in [-0.39, 0.29) is 22.5 Å². The highest BCUT2D eigenvalue weighted by molar-refractivity contribution is 7.80. The molecule has 0 saturated carbocycles. The second kappa shape index (κ2) is 4.89. The summed E-state index contributed by atoms with van der Waals surface area (Å²) in [5.74, 6) is -0.544. The maximum absolute atomic E-state index is 13.8. The highest BCUT2D eigenvalue weighted by Crippen LogP contribution is 2.25. The Labute approximate surface area is 110 Å². The van der Waals surface area contributed by atoms with E-state index in [0.717, 1.165) is 0 Å². The van der Waals surface area contributed by atoms with Gasteiger partial charge in [0, 0.05) is 13.1 Å². The number of hydrogen-bond donors (Lipinski definition) is 2. The van der Waals surface area contributed by atoms with Crippen molar-refractivity contribution in [3.8, 4) is 0 Å². The molecule has 1 heterocycles. The van der Waals surface area contributed by atoms with Gasteiger partial charge in [-0.05, 0) is 19.1 Å². The normalized spacial score (nSPS) is 19.6. The van der Waals surface area contributed by atoms with Gasteiger partial charge in [-0.2, -0.15) is 0 Å². The molecule has 3 N–H and O–H groups in total. The van der Waals surface area contributed by atoms with Gasteiger partial charge in [-0.3, -0.25) is 4.79 Å². The van der Waals surface area contributed by atoms with Crippen LogP contribution in [0.25, 0.3) is 0 Å². The number of halogens is 1. The Balaban J connectivity index is 2.47. The van der Waals surface area contributed by atoms with Crippen LogP contribution in [0.1, 0.15) is 12.5 Å². The third-order valence-electron chi connectivity index (χ3n) is 3.05. The molecule has 18 heavy (non-hydrogen) atoms. The molecule has 1 aliphatic heterocycles. The van der Waals surface area contributed by atoms with E-state index in [1.165, 1.54) is 6.07 Å². The molecule has 6 heteroatoms. The summed E-state index contributed by atoms with van der Waals surface area (Å²) < 4.78 is 13.8. The van der Waals surface area contributed by atoms with E-state index in [4.69, 9.17) is 18.0 Å². The van der Waals surface area contributed by atoms with Gasteiger partial charge in [0.25, 0.3) is 0 Å². The fourth-order valence-electron chi connectivity index (χ4n) is 2.11. The van der Waals surface area contributed by atoms with Gasteiger partial charge in [0.15, 0.2) is 0 Å². The average Bonchev–Trinajstić information content (AvgIpc) is 2.32. The number of carbonyl (C=O) groups is 1. The molecule has 1 aromatic carbocycles. The van der Waals surface area contributed by atoms with Crippen LogP contribution in [0, 0.1) is 5.82 Å². The summed E-state index contributed by atoms with van der Waals surface area (Å²) >= 11 is 4.89. The molecular weight excluding hydrogens is 253 g/mol. The average molecular weight is 267 g/mol. The highest BCUT2D eigenvalue weighted by Gasteiger charge is 2.28. The smallest absolute Gasteiger partial charge is 0.242 e. The standard InChI is InChI=1S/C12H14FN3OS/c1-7-12(17)15-5-6-16(7)9-4-2-3-8(13)10(9)11(14)18/h2-4,7H,5-6H2,1H3,(H2,14,18)(H,15,17). The van der Waals surface area contributed by atoms with Gasteiger partial charge < -0.3 is 16.0 Å². The fraction of sp³-hybridized carbons (Fsp3) is 0.333. The van der Waals surface area contributed by atoms with Crippen LogP contribution in [0.2, 0.25) is 0 Å². The van der Waals surface area contributed by atoms with Gasteiger partial charge in [0.05, 0.1) is 11.3 Å². The summed E-state index contributed by atoms with van der Waals surface area (Å²) in [5.41, 5.74) is 6.34. The molecule has 1 saturated heterocycles. The highest BCUT2D eigenvalue weighted by atomic mass is 32.1. The van der Waals surface area contributed by atoms with E-state index in [9.17, 15) is 9.18 Å². The van der Waals surface area contributed by atoms with E-state index >= 15 is 0 Å². The van der Waals surface area contributed by atoms with Crippen LogP contribution in [-0.4, -0.2) is 30.0 Å². The van der Waals surface area contributed by atoms with Gasteiger partial charge in [-0.1, -0.05) is 18.3 Å². The van der Waals surface area contributed by atoms with Crippen LogP contribution >= 0.6 is 12.2 Å². The molecule has 0 bridgehead atoms. The van der Waals surface area contributed by atoms with E-state index in [1.54, 1.807) is 19.1 Å². The summed E-state index contributed by atoms with van der Waals surface area (Å²) in [4.78, 5) is 13.5. The molecule has 0 spiro atoms. The summed E-state index contributed by atoms with van der Waals surface area (Å²) in [5, 5.41) is 2.76. The predicted molar refractivity (Wildman–Crippen MR) is 72.1 cm³/mol. The molecule has 2 rings (SSSR count). The molecule has 0 aromatic heterocycles. The first kappa shape index (κ1) is 12.8. The van der Waals surface area contributed by atoms with Crippen molar-refractivity contribution in [2.75, 3.05) is 18.0 Å². The number of nitrogens with zero attached hydrogens (tertiary/aromatic N) is 1. The Morgan fingerprint density at radius 3 is 3.00 bits per heavy atom. The van der Waals surface area contributed by atoms with Crippen molar-refractivity contribution in [3.05, 3.63) is 29.6 Å². The minimum Gasteiger partial charge on any atom is -0.389 e. The number of anilines is 1. The van der Waals surface area contributed by atoms with Gasteiger partial charge >= 0.3 is 0 Å². The molecule has 96 valence electrons. The first-order valence-corrected chi connectivity index (χ1v) is 6.06. The van der Waals surface area contributed by atoms with Crippen LogP contribution in [0.5, 0.6) is 0 Å². The zero-order chi connectivity index (χ0) is 13.3. The lowest BCUT2D eigenvalue weighted by Crippen LogP contribution is -2.54. The molecule has 1 amide bonds. The van der Waals surface area contributed by atoms with Crippen molar-refractivity contribution >= 4 is 28.8 Å². The van der Waals surface area contributed by atoms with Gasteiger partial charge in [-0.15, -0.1) is 0 Å². The van der Waals surface area contributed by atoms with Crippen molar-refractivity contribution < 1.29 is 9.18 Å². The zero-order valence-corrected chi connectivity index (χ0v) is 10.8. The van der Waals surface area contributed by atoms with Crippen molar-refractivity contribution in [2.45, 2.75) is 13.0 Å². The third kappa shape index (κ3) is 2.15. The Morgan fingerprint density at radius 2 is 2.33 bits per heavy atom. The Bertz CT molecular complexity index is 506. The van der Waals surface area contributed by atoms with Crippen molar-refractivity contribution in [2.24, 2.45) is 5.73 Å². The number of nitrogens with one attached hydrogen (secondary N) is 1. The van der Waals surface area contributed by atoms with Crippen LogP contribution in [0.4, 0.5) is 10.1 Å². The molecular formula is C12H14FN3OS. The van der Waals surface area contributed by atoms with Crippen molar-refractivity contribution in [3.63, 3.8) is 0 Å². The molecule has 0 aliphatic carbocycles. The van der Waals surface area contributed by atoms with Gasteiger partial charge in [0.2, 0.25) is 5.91 Å². The number of nitrogens with two attached hydrogens (primary N) is 1. The lowest BCUT2D eigenvalue weighted by molar-refractivity contribution is -0.122. The van der Waals surface area contributed by atoms with Gasteiger partial charge in [0.1, 0.15) is 16.8 Å². The summed E-state index contributed by atoms with van der Waals surface area (Å²) in [6.45, 7) is 2.89. The number of hydrogen-bond acceptors (Lipinski definition) is 3. The lowest BCUT2D eigenvalue weighted by Gasteiger charge is -2.35. The third-order valence-corrected chi connectivity index (χ3v) is 3.25. The Hall–Kier alpha value is -1.69. The molecule has 1 fully saturated rings. The summed E-state index contributed by atoms with van der Waals surface area (Å²) in [6, 6.07) is 4.26. The maximum Gasteiger partial charge on any atom is 0.242 e. The van der Waals surface area contributed by atoms with E-state index < -0.39 is 5.82 Å². The molecule has 1 aromatic rings. The second-order valence-corrected chi connectivity index (χ2v) is 4.60. The fourth-order valence-corrected chi connectivity index (χ4v) is 2.31. The number of carbonyl (C=O) groups excluding carboxylic acids is 1. The number of piperazine rings is 1. The molecule has 1 unspecified atom stereocenters. The van der Waals surface area contributed by atoms with Crippen molar-refractivity contribution in [1.82, 2.24) is 5.32 Å². The van der Waals surface area contributed by atoms with Crippen molar-refractivity contribution in [1.29, 1.82) is 0 Å². The van der Waals surface area contributed by atoms with Gasteiger partial charge in [-0.25, -0.2) is 4.39 Å². The minimum atomic E-state index is -0.460. The monoisotopic (exact) mass is 267 g/mol. The first-order valence-electron chi connectivity index (χ1n) is 5.65. The second-order valence-electron chi connectivity index (χ2n) is 4.16. The molecule has 1 atom stereocenters. The zero-order valence-electron chi connectivity index (χ0n) is 9.94. The quantitative estimate of drug-likeness (QED) is 0.778. The van der Waals surface area contributed by atoms with Crippen LogP contribution in [-0.2, 0) is 4.79 Å². The summed E-state index contributed by atoms with van der Waals surface area (Å²) in [6.07, 6.45) is 0. The Kier molecular flexibility index (Phi) is 3.47. The topological polar surface area (TPSA) is 58.4 Å². The largest absolute Gasteiger partial charge is 0.389 e. The van der Waals surface area contributed by atoms with E-state index in [1.807, 2.05) is 4.90 Å². The number of amides is 1. The predicted octanol–water partition coefficient (Wildman–Crippen LogP) is 0.785. The molecule has 4 nitrogen and oxygen atoms in total. The lowest BCUT2D eigenvalue weighted by atomic mass is 10.1. The number of rotatable bonds is 2. The number of benzene rings is 1. The maximum atomic E-state index is 13.8. The van der Waals surface area contributed by atoms with Crippen LogP contribution < -0.4 is 16.0 Å². The molecule has 1 aliphatic rings. The van der Waals surface area contributed by atoms with Crippen LogP contribution in [0.15, 0.2) is 18.2 Å². The van der Waals surface area contributed by atoms with Crippen LogP contribution in [0.3, 0.4) is 0 Å². The summed E-state index contributed by atoms with van der Waals surface area (Å²) in [7, 11) is 0. The SMILES string of the molecule is CC1C(=O)NCCN1c1cccc(F)c1C(N)=S.